The smallest absolute Gasteiger partial charge is 0.306 e. The minimum absolute atomic E-state index is 0.171. The van der Waals surface area contributed by atoms with Crippen molar-refractivity contribution in [3.8, 4) is 0 Å². The Morgan fingerprint density at radius 2 is 1.87 bits per heavy atom. The fourth-order valence-corrected chi connectivity index (χ4v) is 5.03. The Morgan fingerprint density at radius 1 is 1.13 bits per heavy atom. The van der Waals surface area contributed by atoms with Gasteiger partial charge in [0.2, 0.25) is 0 Å². The fourth-order valence-electron chi connectivity index (χ4n) is 3.87. The number of hydrogen-bond donors (Lipinski definition) is 1. The molecule has 5 nitrogen and oxygen atoms in total. The van der Waals surface area contributed by atoms with Gasteiger partial charge in [0.25, 0.3) is 5.91 Å². The van der Waals surface area contributed by atoms with E-state index in [2.05, 4.69) is 35.4 Å². The van der Waals surface area contributed by atoms with Gasteiger partial charge < -0.3 is 14.6 Å². The van der Waals surface area contributed by atoms with E-state index in [1.54, 1.807) is 22.7 Å². The van der Waals surface area contributed by atoms with Crippen molar-refractivity contribution in [1.82, 2.24) is 9.47 Å². The van der Waals surface area contributed by atoms with Crippen molar-refractivity contribution in [2.75, 3.05) is 13.1 Å². The molecule has 1 amide bonds. The molecule has 0 unspecified atom stereocenters. The molecule has 1 aromatic heterocycles. The Morgan fingerprint density at radius 3 is 2.55 bits per heavy atom. The zero-order valence-electron chi connectivity index (χ0n) is 17.2. The van der Waals surface area contributed by atoms with Gasteiger partial charge in [-0.05, 0) is 54.8 Å². The van der Waals surface area contributed by atoms with Gasteiger partial charge in [0, 0.05) is 52.6 Å². The second kappa shape index (κ2) is 8.81. The second-order valence-electron chi connectivity index (χ2n) is 7.78. The zero-order chi connectivity index (χ0) is 22.1. The summed E-state index contributed by atoms with van der Waals surface area (Å²) in [7, 11) is 2.02. The number of fused-ring (bicyclic) bond motifs is 1. The highest BCUT2D eigenvalue weighted by atomic mass is 35.5. The number of aliphatic carboxylic acids is 1. The van der Waals surface area contributed by atoms with Gasteiger partial charge >= 0.3 is 5.97 Å². The van der Waals surface area contributed by atoms with Crippen LogP contribution in [0.4, 0.5) is 0 Å². The van der Waals surface area contributed by atoms with E-state index >= 15 is 0 Å². The molecule has 0 aliphatic carbocycles. The Kier molecular flexibility index (Phi) is 6.12. The van der Waals surface area contributed by atoms with Gasteiger partial charge in [-0.3, -0.25) is 9.59 Å². The summed E-state index contributed by atoms with van der Waals surface area (Å²) in [5.41, 5.74) is 2.23. The Labute approximate surface area is 190 Å². The third-order valence-corrected chi connectivity index (χ3v) is 7.24. The number of piperidine rings is 1. The summed E-state index contributed by atoms with van der Waals surface area (Å²) in [5, 5.41) is 10.9. The molecule has 0 radical (unpaired) electrons. The second-order valence-corrected chi connectivity index (χ2v) is 9.30. The number of halogens is 1. The molecule has 1 fully saturated rings. The van der Waals surface area contributed by atoms with E-state index in [4.69, 9.17) is 16.7 Å². The lowest BCUT2D eigenvalue weighted by Crippen LogP contribution is -2.40. The maximum atomic E-state index is 12.8. The molecule has 1 aliphatic heterocycles. The van der Waals surface area contributed by atoms with Crippen molar-refractivity contribution in [2.45, 2.75) is 22.6 Å². The van der Waals surface area contributed by atoms with Crippen LogP contribution < -0.4 is 0 Å². The van der Waals surface area contributed by atoms with Crippen LogP contribution in [-0.4, -0.2) is 39.5 Å². The third kappa shape index (κ3) is 4.50. The highest BCUT2D eigenvalue weighted by molar-refractivity contribution is 7.99. The highest BCUT2D eigenvalue weighted by Crippen LogP contribution is 2.36. The van der Waals surface area contributed by atoms with Crippen LogP contribution in [0.2, 0.25) is 5.02 Å². The topological polar surface area (TPSA) is 62.5 Å². The number of likely N-dealkylation sites (tertiary alicyclic amines) is 1. The number of amides is 1. The van der Waals surface area contributed by atoms with Crippen LogP contribution in [0, 0.1) is 5.92 Å². The van der Waals surface area contributed by atoms with E-state index in [1.807, 2.05) is 25.4 Å². The van der Waals surface area contributed by atoms with Gasteiger partial charge in [-0.15, -0.1) is 0 Å². The van der Waals surface area contributed by atoms with E-state index in [0.29, 0.717) is 42.1 Å². The average molecular weight is 455 g/mol. The number of aryl methyl sites for hydroxylation is 1. The van der Waals surface area contributed by atoms with Gasteiger partial charge in [-0.25, -0.2) is 0 Å². The van der Waals surface area contributed by atoms with Crippen molar-refractivity contribution in [2.24, 2.45) is 13.0 Å². The summed E-state index contributed by atoms with van der Waals surface area (Å²) < 4.78 is 2.08. The summed E-state index contributed by atoms with van der Waals surface area (Å²) in [5.74, 6) is -1.34. The first-order valence-electron chi connectivity index (χ1n) is 10.1. The average Bonchev–Trinajstić information content (AvgIpc) is 3.14. The number of aromatic nitrogens is 1. The molecule has 1 saturated heterocycles. The number of rotatable bonds is 5. The maximum Gasteiger partial charge on any atom is 0.306 e. The SMILES string of the molecule is C=C(C(=O)N1CCC(C(=O)O)CC1)c1ccc(Sc2ccc3c(ccn3C)c2)c(Cl)c1. The summed E-state index contributed by atoms with van der Waals surface area (Å²) >= 11 is 8.11. The van der Waals surface area contributed by atoms with E-state index in [9.17, 15) is 9.59 Å². The number of carbonyl (C=O) groups is 2. The minimum Gasteiger partial charge on any atom is -0.481 e. The summed E-state index contributed by atoms with van der Waals surface area (Å²) in [4.78, 5) is 27.6. The quantitative estimate of drug-likeness (QED) is 0.530. The predicted octanol–water partition coefficient (Wildman–Crippen LogP) is 5.32. The molecule has 0 spiro atoms. The number of hydrogen-bond acceptors (Lipinski definition) is 3. The monoisotopic (exact) mass is 454 g/mol. The van der Waals surface area contributed by atoms with Crippen LogP contribution in [0.3, 0.4) is 0 Å². The van der Waals surface area contributed by atoms with Gasteiger partial charge in [-0.2, -0.15) is 0 Å². The maximum absolute atomic E-state index is 12.8. The van der Waals surface area contributed by atoms with E-state index in [-0.39, 0.29) is 11.8 Å². The Balaban J connectivity index is 1.45. The number of nitrogens with zero attached hydrogens (tertiary/aromatic N) is 2. The van der Waals surface area contributed by atoms with Crippen LogP contribution in [-0.2, 0) is 16.6 Å². The number of carbonyl (C=O) groups excluding carboxylic acids is 1. The molecule has 0 bridgehead atoms. The van der Waals surface area contributed by atoms with Crippen molar-refractivity contribution >= 4 is 51.7 Å². The molecule has 1 aliphatic rings. The molecule has 160 valence electrons. The number of benzene rings is 2. The molecule has 31 heavy (non-hydrogen) atoms. The molecule has 1 N–H and O–H groups in total. The first-order chi connectivity index (χ1) is 14.8. The first kappa shape index (κ1) is 21.5. The summed E-state index contributed by atoms with van der Waals surface area (Å²) in [6, 6.07) is 13.9. The lowest BCUT2D eigenvalue weighted by Gasteiger charge is -2.30. The van der Waals surface area contributed by atoms with Crippen LogP contribution >= 0.6 is 23.4 Å². The lowest BCUT2D eigenvalue weighted by atomic mass is 9.96. The summed E-state index contributed by atoms with van der Waals surface area (Å²) in [6.45, 7) is 4.83. The number of carboxylic acids is 1. The van der Waals surface area contributed by atoms with E-state index in [0.717, 1.165) is 9.79 Å². The molecule has 0 atom stereocenters. The molecular weight excluding hydrogens is 432 g/mol. The largest absolute Gasteiger partial charge is 0.481 e. The van der Waals surface area contributed by atoms with Crippen molar-refractivity contribution < 1.29 is 14.7 Å². The Hall–Kier alpha value is -2.70. The van der Waals surface area contributed by atoms with Gasteiger partial charge in [0.1, 0.15) is 0 Å². The van der Waals surface area contributed by atoms with Crippen LogP contribution in [0.25, 0.3) is 16.5 Å². The van der Waals surface area contributed by atoms with Gasteiger partial charge in [0.05, 0.1) is 10.9 Å². The zero-order valence-corrected chi connectivity index (χ0v) is 18.7. The first-order valence-corrected chi connectivity index (χ1v) is 11.3. The molecule has 2 aromatic carbocycles. The van der Waals surface area contributed by atoms with Crippen molar-refractivity contribution in [3.05, 3.63) is 65.8 Å². The molecule has 3 aromatic rings. The molecule has 4 rings (SSSR count). The van der Waals surface area contributed by atoms with E-state index < -0.39 is 5.97 Å². The number of carboxylic acid groups (broad SMARTS) is 1. The summed E-state index contributed by atoms with van der Waals surface area (Å²) in [6.07, 6.45) is 2.97. The van der Waals surface area contributed by atoms with Crippen molar-refractivity contribution in [1.29, 1.82) is 0 Å². The Bertz CT molecular complexity index is 1180. The van der Waals surface area contributed by atoms with Crippen molar-refractivity contribution in [3.63, 3.8) is 0 Å². The van der Waals surface area contributed by atoms with E-state index in [1.165, 1.54) is 10.9 Å². The normalized spacial score (nSPS) is 14.7. The highest BCUT2D eigenvalue weighted by Gasteiger charge is 2.28. The minimum atomic E-state index is -0.794. The van der Waals surface area contributed by atoms with Crippen LogP contribution in [0.5, 0.6) is 0 Å². The predicted molar refractivity (Wildman–Crippen MR) is 124 cm³/mol. The fraction of sp³-hybridized carbons (Fsp3) is 0.250. The third-order valence-electron chi connectivity index (χ3n) is 5.75. The van der Waals surface area contributed by atoms with Crippen LogP contribution in [0.15, 0.2) is 65.0 Å². The lowest BCUT2D eigenvalue weighted by molar-refractivity contribution is -0.144. The molecular formula is C24H23ClN2O3S. The van der Waals surface area contributed by atoms with Gasteiger partial charge in [-0.1, -0.05) is 36.0 Å². The molecule has 7 heteroatoms. The molecule has 0 saturated carbocycles. The molecule has 2 heterocycles. The standard InChI is InChI=1S/C24H23ClN2O3S/c1-15(23(28)27-11-8-16(9-12-27)24(29)30)17-3-6-22(20(25)14-17)31-19-4-5-21-18(13-19)7-10-26(21)2/h3-7,10,13-14,16H,1,8-9,11-12H2,2H3,(H,29,30). The van der Waals surface area contributed by atoms with Crippen LogP contribution in [0.1, 0.15) is 18.4 Å². The van der Waals surface area contributed by atoms with Gasteiger partial charge in [0.15, 0.2) is 0 Å².